The average Bonchev–Trinajstić information content (AvgIpc) is 2.86. The highest BCUT2D eigenvalue weighted by atomic mass is 16.6. The first kappa shape index (κ1) is 27.9. The summed E-state index contributed by atoms with van der Waals surface area (Å²) < 4.78 is 17.2. The molecule has 1 aromatic heterocycles. The van der Waals surface area contributed by atoms with Crippen LogP contribution in [-0.4, -0.2) is 34.7 Å². The van der Waals surface area contributed by atoms with Crippen LogP contribution in [0.4, 0.5) is 4.79 Å². The number of amides is 2. The molecule has 2 aromatic carbocycles. The minimum atomic E-state index is -0.509. The van der Waals surface area contributed by atoms with Crippen molar-refractivity contribution >= 4 is 12.0 Å². The molecule has 1 aliphatic carbocycles. The molecule has 2 amide bonds. The molecule has 1 fully saturated rings. The molecule has 9 heteroatoms. The van der Waals surface area contributed by atoms with Crippen LogP contribution in [0.15, 0.2) is 66.7 Å². The Hall–Kier alpha value is -4.11. The first-order chi connectivity index (χ1) is 18.4. The Morgan fingerprint density at radius 2 is 1.46 bits per heavy atom. The van der Waals surface area contributed by atoms with Crippen molar-refractivity contribution in [2.45, 2.75) is 70.6 Å². The molecule has 0 atom stereocenters. The minimum Gasteiger partial charge on any atom is -0.490 e. The quantitative estimate of drug-likeness (QED) is 0.206. The van der Waals surface area contributed by atoms with Crippen LogP contribution in [0.3, 0.4) is 0 Å². The van der Waals surface area contributed by atoms with E-state index in [4.69, 9.17) is 20.1 Å². The number of hydrogen-bond donors (Lipinski definition) is 3. The SMILES string of the molecule is CC(C)(C)OC(=O)N[C@H]1C[C@H](Oc2ccc(C(C)(C)c3ccc(Oc4cccc(C(=O)NN)n4)cc3)cc2)C1. The summed E-state index contributed by atoms with van der Waals surface area (Å²) >= 11 is 0. The van der Waals surface area contributed by atoms with Crippen LogP contribution in [0.5, 0.6) is 17.4 Å². The van der Waals surface area contributed by atoms with Crippen molar-refractivity contribution in [3.8, 4) is 17.4 Å². The normalized spacial score (nSPS) is 17.0. The van der Waals surface area contributed by atoms with Crippen molar-refractivity contribution in [3.05, 3.63) is 83.6 Å². The number of alkyl carbamates (subject to hydrolysis) is 1. The van der Waals surface area contributed by atoms with Crippen LogP contribution in [0.2, 0.25) is 0 Å². The maximum Gasteiger partial charge on any atom is 0.407 e. The van der Waals surface area contributed by atoms with Gasteiger partial charge in [0.15, 0.2) is 0 Å². The third-order valence-electron chi connectivity index (χ3n) is 6.58. The molecule has 9 nitrogen and oxygen atoms in total. The molecule has 0 radical (unpaired) electrons. The first-order valence-electron chi connectivity index (χ1n) is 13.0. The summed E-state index contributed by atoms with van der Waals surface area (Å²) in [4.78, 5) is 27.8. The maximum absolute atomic E-state index is 11.9. The zero-order valence-electron chi connectivity index (χ0n) is 23.0. The Bertz CT molecular complexity index is 1290. The molecule has 206 valence electrons. The number of nitrogens with zero attached hydrogens (tertiary/aromatic N) is 1. The number of ether oxygens (including phenoxy) is 3. The van der Waals surface area contributed by atoms with E-state index in [9.17, 15) is 9.59 Å². The molecule has 0 aliphatic heterocycles. The Morgan fingerprint density at radius 1 is 0.872 bits per heavy atom. The van der Waals surface area contributed by atoms with E-state index in [1.54, 1.807) is 18.2 Å². The van der Waals surface area contributed by atoms with Gasteiger partial charge in [0.25, 0.3) is 5.91 Å². The van der Waals surface area contributed by atoms with Crippen LogP contribution >= 0.6 is 0 Å². The molecule has 1 saturated carbocycles. The summed E-state index contributed by atoms with van der Waals surface area (Å²) in [5.41, 5.74) is 3.73. The fraction of sp³-hybridized carbons (Fsp3) is 0.367. The predicted molar refractivity (Wildman–Crippen MR) is 148 cm³/mol. The summed E-state index contributed by atoms with van der Waals surface area (Å²) in [6, 6.07) is 20.9. The number of hydrazine groups is 1. The van der Waals surface area contributed by atoms with E-state index in [-0.39, 0.29) is 29.3 Å². The molecule has 0 bridgehead atoms. The molecular weight excluding hydrogens is 496 g/mol. The second-order valence-corrected chi connectivity index (χ2v) is 11.2. The lowest BCUT2D eigenvalue weighted by Crippen LogP contribution is -2.50. The van der Waals surface area contributed by atoms with Crippen LogP contribution in [0.25, 0.3) is 0 Å². The first-order valence-corrected chi connectivity index (χ1v) is 13.0. The number of carbonyl (C=O) groups is 2. The fourth-order valence-electron chi connectivity index (χ4n) is 4.30. The number of carbonyl (C=O) groups excluding carboxylic acids is 2. The molecule has 39 heavy (non-hydrogen) atoms. The van der Waals surface area contributed by atoms with Crippen LogP contribution in [0, 0.1) is 0 Å². The van der Waals surface area contributed by atoms with Crippen LogP contribution in [-0.2, 0) is 10.2 Å². The average molecular weight is 533 g/mol. The van der Waals surface area contributed by atoms with Gasteiger partial charge >= 0.3 is 6.09 Å². The van der Waals surface area contributed by atoms with Gasteiger partial charge in [0.05, 0.1) is 0 Å². The van der Waals surface area contributed by atoms with Gasteiger partial charge in [-0.1, -0.05) is 44.2 Å². The second kappa shape index (κ2) is 11.3. The van der Waals surface area contributed by atoms with E-state index in [2.05, 4.69) is 41.7 Å². The molecular formula is C30H36N4O5. The molecule has 4 N–H and O–H groups in total. The number of hydrogen-bond acceptors (Lipinski definition) is 7. The smallest absolute Gasteiger partial charge is 0.407 e. The van der Waals surface area contributed by atoms with Gasteiger partial charge in [-0.05, 0) is 62.2 Å². The summed E-state index contributed by atoms with van der Waals surface area (Å²) in [7, 11) is 0. The second-order valence-electron chi connectivity index (χ2n) is 11.2. The number of pyridine rings is 1. The molecule has 0 spiro atoms. The Labute approximate surface area is 229 Å². The van der Waals surface area contributed by atoms with Crippen molar-refractivity contribution in [1.82, 2.24) is 15.7 Å². The molecule has 1 aliphatic rings. The van der Waals surface area contributed by atoms with E-state index in [0.717, 1.165) is 29.7 Å². The highest BCUT2D eigenvalue weighted by Gasteiger charge is 2.33. The van der Waals surface area contributed by atoms with Gasteiger partial charge in [-0.25, -0.2) is 15.6 Å². The van der Waals surface area contributed by atoms with Gasteiger partial charge in [0.2, 0.25) is 5.88 Å². The van der Waals surface area contributed by atoms with Crippen molar-refractivity contribution in [2.24, 2.45) is 5.84 Å². The largest absolute Gasteiger partial charge is 0.490 e. The monoisotopic (exact) mass is 532 g/mol. The zero-order chi connectivity index (χ0) is 28.2. The summed E-state index contributed by atoms with van der Waals surface area (Å²) in [5, 5.41) is 2.89. The van der Waals surface area contributed by atoms with E-state index in [0.29, 0.717) is 11.6 Å². The lowest BCUT2D eigenvalue weighted by molar-refractivity contribution is 0.0362. The van der Waals surface area contributed by atoms with Crippen molar-refractivity contribution in [3.63, 3.8) is 0 Å². The van der Waals surface area contributed by atoms with Crippen LogP contribution < -0.4 is 26.1 Å². The highest BCUT2D eigenvalue weighted by molar-refractivity contribution is 5.91. The van der Waals surface area contributed by atoms with Gasteiger partial charge in [0.1, 0.15) is 28.9 Å². The van der Waals surface area contributed by atoms with Gasteiger partial charge in [0, 0.05) is 30.4 Å². The third-order valence-corrected chi connectivity index (χ3v) is 6.58. The zero-order valence-corrected chi connectivity index (χ0v) is 23.0. The number of nitrogens with one attached hydrogen (secondary N) is 2. The number of nitrogens with two attached hydrogens (primary N) is 1. The lowest BCUT2D eigenvalue weighted by Gasteiger charge is -2.36. The van der Waals surface area contributed by atoms with E-state index < -0.39 is 11.5 Å². The van der Waals surface area contributed by atoms with Gasteiger partial charge in [-0.3, -0.25) is 10.2 Å². The number of benzene rings is 2. The van der Waals surface area contributed by atoms with E-state index in [1.807, 2.05) is 57.2 Å². The number of rotatable bonds is 8. The van der Waals surface area contributed by atoms with Crippen molar-refractivity contribution in [1.29, 1.82) is 0 Å². The molecule has 4 rings (SSSR count). The van der Waals surface area contributed by atoms with Gasteiger partial charge in [-0.2, -0.15) is 0 Å². The van der Waals surface area contributed by atoms with E-state index >= 15 is 0 Å². The van der Waals surface area contributed by atoms with Gasteiger partial charge < -0.3 is 19.5 Å². The Balaban J connectivity index is 1.31. The Kier molecular flexibility index (Phi) is 8.11. The highest BCUT2D eigenvalue weighted by Crippen LogP contribution is 2.35. The van der Waals surface area contributed by atoms with E-state index in [1.165, 1.54) is 0 Å². The predicted octanol–water partition coefficient (Wildman–Crippen LogP) is 5.24. The van der Waals surface area contributed by atoms with Crippen molar-refractivity contribution in [2.75, 3.05) is 0 Å². The maximum atomic E-state index is 11.9. The molecule has 0 unspecified atom stereocenters. The van der Waals surface area contributed by atoms with Crippen LogP contribution in [0.1, 0.15) is 69.1 Å². The minimum absolute atomic E-state index is 0.0659. The summed E-state index contributed by atoms with van der Waals surface area (Å²) in [6.45, 7) is 9.86. The molecule has 0 saturated heterocycles. The van der Waals surface area contributed by atoms with Gasteiger partial charge in [-0.15, -0.1) is 0 Å². The van der Waals surface area contributed by atoms with Crippen molar-refractivity contribution < 1.29 is 23.8 Å². The third kappa shape index (κ3) is 7.26. The Morgan fingerprint density at radius 3 is 2.03 bits per heavy atom. The summed E-state index contributed by atoms with van der Waals surface area (Å²) in [6.07, 6.45) is 1.18. The standard InChI is InChI=1S/C30H36N4O5/c1-29(2,3)39-28(36)32-21-17-24(18-21)37-22-13-9-19(10-14-22)30(4,5)20-11-15-23(16-12-20)38-26-8-6-7-25(33-26)27(35)34-31/h6-16,21,24H,17-18,31H2,1-5H3,(H,32,36)(H,34,35)/t21-,24-. The molecule has 1 heterocycles. The lowest BCUT2D eigenvalue weighted by atomic mass is 9.78. The number of nitrogen functional groups attached to an aromatic ring is 1. The fourth-order valence-corrected chi connectivity index (χ4v) is 4.30. The topological polar surface area (TPSA) is 125 Å². The number of aromatic nitrogens is 1. The summed E-state index contributed by atoms with van der Waals surface area (Å²) in [5.74, 6) is 6.41. The molecule has 3 aromatic rings.